The van der Waals surface area contributed by atoms with Crippen molar-refractivity contribution in [1.82, 2.24) is 4.98 Å². The number of hydrogen-bond acceptors (Lipinski definition) is 5. The Morgan fingerprint density at radius 1 is 1.33 bits per heavy atom. The molecule has 2 aliphatic carbocycles. The Labute approximate surface area is 146 Å². The van der Waals surface area contributed by atoms with Crippen LogP contribution in [0.2, 0.25) is 0 Å². The van der Waals surface area contributed by atoms with Crippen molar-refractivity contribution in [2.75, 3.05) is 11.9 Å². The van der Waals surface area contributed by atoms with E-state index in [1.807, 2.05) is 23.0 Å². The highest BCUT2D eigenvalue weighted by Gasteiger charge is 2.66. The fraction of sp³-hybridized carbons (Fsp3) is 0.526. The Morgan fingerprint density at radius 2 is 2.25 bits per heavy atom. The molecule has 3 aliphatic rings. The van der Waals surface area contributed by atoms with Crippen LogP contribution >= 0.6 is 11.3 Å². The Balaban J connectivity index is 1.34. The highest BCUT2D eigenvalue weighted by Crippen LogP contribution is 2.63. The predicted octanol–water partition coefficient (Wildman–Crippen LogP) is 4.09. The molecule has 1 spiro atoms. The molecular weight excluding hydrogens is 320 g/mol. The Bertz CT molecular complexity index is 714. The third-order valence-electron chi connectivity index (χ3n) is 6.09. The molecule has 0 bridgehead atoms. The minimum Gasteiger partial charge on any atom is -0.485 e. The van der Waals surface area contributed by atoms with Gasteiger partial charge in [-0.15, -0.1) is 11.3 Å². The number of nitrogens with zero attached hydrogens (tertiary/aromatic N) is 1. The second kappa shape index (κ2) is 5.74. The van der Waals surface area contributed by atoms with Gasteiger partial charge in [-0.3, -0.25) is 0 Å². The van der Waals surface area contributed by atoms with Crippen LogP contribution < -0.4 is 10.1 Å². The standard InChI is InChI=1S/C19H22N2O2S/c1-2-5-16(23-10-13-11-24-12-20-13)15(4-1)21-17-14-6-9-22-18(14)19(17)7-3-8-19/h1-2,4-5,11-12,14,17-18,21H,3,6-10H2/t14-,17+,18+/m0/s1. The first-order valence-electron chi connectivity index (χ1n) is 8.84. The maximum Gasteiger partial charge on any atom is 0.142 e. The summed E-state index contributed by atoms with van der Waals surface area (Å²) in [5.74, 6) is 1.58. The number of para-hydroxylation sites is 2. The number of benzene rings is 1. The molecule has 1 N–H and O–H groups in total. The minimum atomic E-state index is 0.378. The number of aromatic nitrogens is 1. The molecule has 2 heterocycles. The van der Waals surface area contributed by atoms with Gasteiger partial charge >= 0.3 is 0 Å². The molecule has 4 nitrogen and oxygen atoms in total. The van der Waals surface area contributed by atoms with Gasteiger partial charge in [0.15, 0.2) is 0 Å². The molecule has 5 heteroatoms. The van der Waals surface area contributed by atoms with Crippen LogP contribution in [0.25, 0.3) is 0 Å². The molecule has 5 rings (SSSR count). The van der Waals surface area contributed by atoms with Gasteiger partial charge in [-0.1, -0.05) is 18.6 Å². The quantitative estimate of drug-likeness (QED) is 0.889. The molecule has 1 aromatic heterocycles. The lowest BCUT2D eigenvalue weighted by atomic mass is 9.46. The molecule has 1 saturated heterocycles. The summed E-state index contributed by atoms with van der Waals surface area (Å²) in [5, 5.41) is 5.85. The monoisotopic (exact) mass is 342 g/mol. The Kier molecular flexibility index (Phi) is 3.52. The zero-order valence-corrected chi connectivity index (χ0v) is 14.4. The van der Waals surface area contributed by atoms with Crippen molar-refractivity contribution >= 4 is 17.0 Å². The lowest BCUT2D eigenvalue weighted by Crippen LogP contribution is -2.68. The van der Waals surface area contributed by atoms with Gasteiger partial charge in [-0.2, -0.15) is 0 Å². The molecule has 1 aromatic carbocycles. The summed E-state index contributed by atoms with van der Waals surface area (Å²) >= 11 is 1.60. The third-order valence-corrected chi connectivity index (χ3v) is 6.73. The minimum absolute atomic E-state index is 0.378. The normalized spacial score (nSPS) is 29.6. The van der Waals surface area contributed by atoms with Gasteiger partial charge in [-0.25, -0.2) is 4.98 Å². The van der Waals surface area contributed by atoms with Crippen molar-refractivity contribution in [1.29, 1.82) is 0 Å². The smallest absolute Gasteiger partial charge is 0.142 e. The molecule has 0 radical (unpaired) electrons. The molecule has 0 amide bonds. The molecule has 126 valence electrons. The van der Waals surface area contributed by atoms with Crippen molar-refractivity contribution < 1.29 is 9.47 Å². The fourth-order valence-electron chi connectivity index (χ4n) is 4.80. The van der Waals surface area contributed by atoms with Crippen LogP contribution in [-0.2, 0) is 11.3 Å². The molecular formula is C19H22N2O2S. The van der Waals surface area contributed by atoms with Gasteiger partial charge in [0.1, 0.15) is 12.4 Å². The molecule has 2 aromatic rings. The highest BCUT2D eigenvalue weighted by atomic mass is 32.1. The zero-order chi connectivity index (χ0) is 16.0. The summed E-state index contributed by atoms with van der Waals surface area (Å²) in [4.78, 5) is 4.29. The summed E-state index contributed by atoms with van der Waals surface area (Å²) in [7, 11) is 0. The summed E-state index contributed by atoms with van der Waals surface area (Å²) in [6.07, 6.45) is 5.62. The van der Waals surface area contributed by atoms with E-state index in [2.05, 4.69) is 22.4 Å². The van der Waals surface area contributed by atoms with Crippen molar-refractivity contribution in [2.45, 2.75) is 44.4 Å². The number of hydrogen-bond donors (Lipinski definition) is 1. The van der Waals surface area contributed by atoms with Crippen LogP contribution in [0.4, 0.5) is 5.69 Å². The average Bonchev–Trinajstić information content (AvgIpc) is 3.20. The van der Waals surface area contributed by atoms with Crippen LogP contribution in [0.1, 0.15) is 31.4 Å². The maximum atomic E-state index is 6.03. The van der Waals surface area contributed by atoms with Crippen LogP contribution in [0.5, 0.6) is 5.75 Å². The molecule has 0 unspecified atom stereocenters. The molecule has 3 atom stereocenters. The fourth-order valence-corrected chi connectivity index (χ4v) is 5.34. The van der Waals surface area contributed by atoms with E-state index in [1.165, 1.54) is 25.7 Å². The summed E-state index contributed by atoms with van der Waals surface area (Å²) in [5.41, 5.74) is 4.31. The van der Waals surface area contributed by atoms with Gasteiger partial charge in [0.2, 0.25) is 0 Å². The highest BCUT2D eigenvalue weighted by molar-refractivity contribution is 7.07. The van der Waals surface area contributed by atoms with E-state index in [0.29, 0.717) is 30.1 Å². The van der Waals surface area contributed by atoms with Crippen molar-refractivity contribution in [3.63, 3.8) is 0 Å². The van der Waals surface area contributed by atoms with E-state index in [1.54, 1.807) is 11.3 Å². The number of rotatable bonds is 5. The second-order valence-corrected chi connectivity index (χ2v) is 7.94. The van der Waals surface area contributed by atoms with E-state index >= 15 is 0 Å². The number of nitrogens with one attached hydrogen (secondary N) is 1. The van der Waals surface area contributed by atoms with Crippen LogP contribution in [0.3, 0.4) is 0 Å². The van der Waals surface area contributed by atoms with E-state index in [9.17, 15) is 0 Å². The molecule has 24 heavy (non-hydrogen) atoms. The first-order chi connectivity index (χ1) is 11.9. The summed E-state index contributed by atoms with van der Waals surface area (Å²) in [6.45, 7) is 1.45. The number of ether oxygens (including phenoxy) is 2. The van der Waals surface area contributed by atoms with Crippen molar-refractivity contribution in [3.8, 4) is 5.75 Å². The van der Waals surface area contributed by atoms with Crippen molar-refractivity contribution in [2.24, 2.45) is 11.3 Å². The average molecular weight is 342 g/mol. The van der Waals surface area contributed by atoms with E-state index in [0.717, 1.165) is 23.7 Å². The van der Waals surface area contributed by atoms with Crippen LogP contribution in [0.15, 0.2) is 35.2 Å². The van der Waals surface area contributed by atoms with Gasteiger partial charge in [0.05, 0.1) is 23.0 Å². The SMILES string of the molecule is c1ccc(OCc2cscn2)c(N[C@@H]2[C@@H]3CCO[C@H]3C23CCC3)c1. The third kappa shape index (κ3) is 2.18. The number of thiazole rings is 1. The molecule has 2 saturated carbocycles. The maximum absolute atomic E-state index is 6.03. The van der Waals surface area contributed by atoms with Gasteiger partial charge < -0.3 is 14.8 Å². The van der Waals surface area contributed by atoms with Crippen molar-refractivity contribution in [3.05, 3.63) is 40.8 Å². The first kappa shape index (κ1) is 14.7. The largest absolute Gasteiger partial charge is 0.485 e. The van der Waals surface area contributed by atoms with Gasteiger partial charge in [-0.05, 0) is 31.4 Å². The van der Waals surface area contributed by atoms with Gasteiger partial charge in [0, 0.05) is 29.4 Å². The van der Waals surface area contributed by atoms with Crippen LogP contribution in [-0.4, -0.2) is 23.7 Å². The second-order valence-electron chi connectivity index (χ2n) is 7.22. The van der Waals surface area contributed by atoms with Gasteiger partial charge in [0.25, 0.3) is 0 Å². The van der Waals surface area contributed by atoms with E-state index in [-0.39, 0.29) is 0 Å². The lowest BCUT2D eigenvalue weighted by Gasteiger charge is -2.63. The Hall–Kier alpha value is -1.59. The predicted molar refractivity (Wildman–Crippen MR) is 94.4 cm³/mol. The van der Waals surface area contributed by atoms with E-state index in [4.69, 9.17) is 9.47 Å². The topological polar surface area (TPSA) is 43.4 Å². The number of fused-ring (bicyclic) bond motifs is 2. The first-order valence-corrected chi connectivity index (χ1v) is 9.78. The van der Waals surface area contributed by atoms with E-state index < -0.39 is 0 Å². The summed E-state index contributed by atoms with van der Waals surface area (Å²) in [6, 6.07) is 8.81. The zero-order valence-electron chi connectivity index (χ0n) is 13.6. The molecule has 3 fully saturated rings. The molecule has 1 aliphatic heterocycles. The lowest BCUT2D eigenvalue weighted by molar-refractivity contribution is -0.158. The Morgan fingerprint density at radius 3 is 3.04 bits per heavy atom. The summed E-state index contributed by atoms with van der Waals surface area (Å²) < 4.78 is 12.1. The number of anilines is 1. The van der Waals surface area contributed by atoms with Crippen LogP contribution in [0, 0.1) is 11.3 Å².